The summed E-state index contributed by atoms with van der Waals surface area (Å²) in [6.07, 6.45) is 0.594. The zero-order valence-corrected chi connectivity index (χ0v) is 13.5. The van der Waals surface area contributed by atoms with Crippen LogP contribution in [-0.4, -0.2) is 23.3 Å². The summed E-state index contributed by atoms with van der Waals surface area (Å²) in [6.45, 7) is 5.42. The van der Waals surface area contributed by atoms with Crippen molar-refractivity contribution < 1.29 is 14.6 Å². The third kappa shape index (κ3) is 5.31. The lowest BCUT2D eigenvalue weighted by molar-refractivity contribution is -0.155. The van der Waals surface area contributed by atoms with Crippen LogP contribution in [-0.2, 0) is 9.53 Å². The average molecular weight is 319 g/mol. The quantitative estimate of drug-likeness (QED) is 0.828. The summed E-state index contributed by atoms with van der Waals surface area (Å²) in [6, 6.07) is 5.29. The van der Waals surface area contributed by atoms with Gasteiger partial charge < -0.3 is 9.84 Å². The fraction of sp³-hybridized carbons (Fsp3) is 0.533. The van der Waals surface area contributed by atoms with Crippen molar-refractivity contribution in [1.82, 2.24) is 0 Å². The Labute approximate surface area is 129 Å². The number of aliphatic hydroxyl groups excluding tert-OH is 1. The maximum atomic E-state index is 11.9. The SMILES string of the molecule is CC(C)(C)OC(=O)CC(CCO)c1cccc(Cl)c1Cl. The molecule has 0 amide bonds. The van der Waals surface area contributed by atoms with Gasteiger partial charge in [-0.15, -0.1) is 0 Å². The van der Waals surface area contributed by atoms with Gasteiger partial charge in [0.25, 0.3) is 0 Å². The number of carbonyl (C=O) groups excluding carboxylic acids is 1. The summed E-state index contributed by atoms with van der Waals surface area (Å²) in [5.74, 6) is -0.520. The summed E-state index contributed by atoms with van der Waals surface area (Å²) in [5.41, 5.74) is 0.234. The topological polar surface area (TPSA) is 46.5 Å². The molecule has 1 N–H and O–H groups in total. The maximum absolute atomic E-state index is 11.9. The summed E-state index contributed by atoms with van der Waals surface area (Å²) in [7, 11) is 0. The molecule has 0 heterocycles. The van der Waals surface area contributed by atoms with Crippen LogP contribution in [0.1, 0.15) is 45.1 Å². The Morgan fingerprint density at radius 1 is 1.35 bits per heavy atom. The Balaban J connectivity index is 2.89. The second-order valence-corrected chi connectivity index (χ2v) is 6.43. The molecule has 0 saturated carbocycles. The van der Waals surface area contributed by atoms with E-state index in [1.165, 1.54) is 0 Å². The minimum Gasteiger partial charge on any atom is -0.460 e. The van der Waals surface area contributed by atoms with Crippen molar-refractivity contribution in [2.24, 2.45) is 0 Å². The van der Waals surface area contributed by atoms with Crippen LogP contribution in [0.15, 0.2) is 18.2 Å². The van der Waals surface area contributed by atoms with Crippen LogP contribution >= 0.6 is 23.2 Å². The van der Waals surface area contributed by atoms with Gasteiger partial charge in [0.1, 0.15) is 5.60 Å². The third-order valence-corrected chi connectivity index (χ3v) is 3.57. The lowest BCUT2D eigenvalue weighted by Gasteiger charge is -2.23. The first kappa shape index (κ1) is 17.3. The van der Waals surface area contributed by atoms with Crippen molar-refractivity contribution >= 4 is 29.2 Å². The minimum atomic E-state index is -0.529. The van der Waals surface area contributed by atoms with Gasteiger partial charge in [0.15, 0.2) is 0 Å². The second kappa shape index (κ2) is 7.30. The molecule has 0 aliphatic heterocycles. The van der Waals surface area contributed by atoms with E-state index in [0.29, 0.717) is 16.5 Å². The highest BCUT2D eigenvalue weighted by Gasteiger charge is 2.23. The van der Waals surface area contributed by atoms with Gasteiger partial charge in [0.2, 0.25) is 0 Å². The Kier molecular flexibility index (Phi) is 6.31. The van der Waals surface area contributed by atoms with Crippen LogP contribution in [0, 0.1) is 0 Å². The third-order valence-electron chi connectivity index (χ3n) is 2.73. The molecule has 0 radical (unpaired) electrons. The highest BCUT2D eigenvalue weighted by atomic mass is 35.5. The van der Waals surface area contributed by atoms with E-state index in [9.17, 15) is 9.90 Å². The van der Waals surface area contributed by atoms with E-state index in [4.69, 9.17) is 27.9 Å². The number of rotatable bonds is 5. The summed E-state index contributed by atoms with van der Waals surface area (Å²) in [5, 5.41) is 10.0. The Bertz CT molecular complexity index is 467. The van der Waals surface area contributed by atoms with Gasteiger partial charge in [-0.05, 0) is 44.7 Å². The van der Waals surface area contributed by atoms with Gasteiger partial charge in [-0.3, -0.25) is 4.79 Å². The van der Waals surface area contributed by atoms with E-state index in [0.717, 1.165) is 5.56 Å². The summed E-state index contributed by atoms with van der Waals surface area (Å²) >= 11 is 12.2. The normalized spacial score (nSPS) is 13.1. The molecule has 112 valence electrons. The van der Waals surface area contributed by atoms with Crippen LogP contribution < -0.4 is 0 Å². The first-order valence-corrected chi connectivity index (χ1v) is 7.27. The molecule has 1 atom stereocenters. The number of aliphatic hydroxyl groups is 1. The van der Waals surface area contributed by atoms with Gasteiger partial charge >= 0.3 is 5.97 Å². The van der Waals surface area contributed by atoms with Crippen molar-refractivity contribution in [3.63, 3.8) is 0 Å². The van der Waals surface area contributed by atoms with Crippen molar-refractivity contribution in [1.29, 1.82) is 0 Å². The first-order chi connectivity index (χ1) is 9.24. The van der Waals surface area contributed by atoms with Crippen LogP contribution in [0.4, 0.5) is 0 Å². The Morgan fingerprint density at radius 3 is 2.55 bits per heavy atom. The lowest BCUT2D eigenvalue weighted by Crippen LogP contribution is -2.25. The van der Waals surface area contributed by atoms with Crippen LogP contribution in [0.2, 0.25) is 10.0 Å². The Morgan fingerprint density at radius 2 is 2.00 bits per heavy atom. The lowest BCUT2D eigenvalue weighted by atomic mass is 9.92. The van der Waals surface area contributed by atoms with Crippen LogP contribution in [0.25, 0.3) is 0 Å². The molecule has 0 fully saturated rings. The second-order valence-electron chi connectivity index (χ2n) is 5.64. The largest absolute Gasteiger partial charge is 0.460 e. The molecule has 5 heteroatoms. The summed E-state index contributed by atoms with van der Waals surface area (Å²) < 4.78 is 5.31. The fourth-order valence-electron chi connectivity index (χ4n) is 1.94. The highest BCUT2D eigenvalue weighted by molar-refractivity contribution is 6.42. The van der Waals surface area contributed by atoms with Crippen LogP contribution in [0.3, 0.4) is 0 Å². The Hall–Kier alpha value is -0.770. The molecule has 1 unspecified atom stereocenters. The van der Waals surface area contributed by atoms with Crippen molar-refractivity contribution in [3.8, 4) is 0 Å². The van der Waals surface area contributed by atoms with E-state index in [1.807, 2.05) is 26.8 Å². The molecule has 0 aliphatic carbocycles. The monoisotopic (exact) mass is 318 g/mol. The minimum absolute atomic E-state index is 0.0314. The van der Waals surface area contributed by atoms with Crippen molar-refractivity contribution in [2.45, 2.75) is 45.1 Å². The number of carbonyl (C=O) groups is 1. The van der Waals surface area contributed by atoms with Crippen molar-refractivity contribution in [3.05, 3.63) is 33.8 Å². The molecule has 0 aliphatic rings. The number of esters is 1. The van der Waals surface area contributed by atoms with Gasteiger partial charge in [-0.1, -0.05) is 35.3 Å². The van der Waals surface area contributed by atoms with E-state index in [-0.39, 0.29) is 24.9 Å². The molecule has 3 nitrogen and oxygen atoms in total. The fourth-order valence-corrected chi connectivity index (χ4v) is 2.41. The number of halogens is 2. The van der Waals surface area contributed by atoms with Crippen LogP contribution in [0.5, 0.6) is 0 Å². The highest BCUT2D eigenvalue weighted by Crippen LogP contribution is 2.34. The standard InChI is InChI=1S/C15H20Cl2O3/c1-15(2,3)20-13(19)9-10(7-8-18)11-5-4-6-12(16)14(11)17/h4-6,10,18H,7-9H2,1-3H3. The molecule has 1 rings (SSSR count). The molecule has 1 aromatic rings. The molecular formula is C15H20Cl2O3. The predicted octanol–water partition coefficient (Wildman–Crippen LogP) is 4.19. The molecule has 20 heavy (non-hydrogen) atoms. The van der Waals surface area contributed by atoms with Gasteiger partial charge in [0, 0.05) is 6.61 Å². The molecule has 0 saturated heterocycles. The predicted molar refractivity (Wildman–Crippen MR) is 81.4 cm³/mol. The van der Waals surface area contributed by atoms with E-state index in [2.05, 4.69) is 0 Å². The number of hydrogen-bond donors (Lipinski definition) is 1. The molecular weight excluding hydrogens is 299 g/mol. The van der Waals surface area contributed by atoms with E-state index < -0.39 is 5.60 Å². The van der Waals surface area contributed by atoms with Crippen molar-refractivity contribution in [2.75, 3.05) is 6.61 Å². The average Bonchev–Trinajstić information content (AvgIpc) is 2.30. The first-order valence-electron chi connectivity index (χ1n) is 6.51. The molecule has 1 aromatic carbocycles. The maximum Gasteiger partial charge on any atom is 0.306 e. The molecule has 0 bridgehead atoms. The number of benzene rings is 1. The zero-order chi connectivity index (χ0) is 15.3. The molecule has 0 spiro atoms. The number of ether oxygens (including phenoxy) is 1. The van der Waals surface area contributed by atoms with E-state index in [1.54, 1.807) is 12.1 Å². The molecule has 0 aromatic heterocycles. The number of hydrogen-bond acceptors (Lipinski definition) is 3. The van der Waals surface area contributed by atoms with E-state index >= 15 is 0 Å². The smallest absolute Gasteiger partial charge is 0.306 e. The zero-order valence-electron chi connectivity index (χ0n) is 12.0. The summed E-state index contributed by atoms with van der Waals surface area (Å²) in [4.78, 5) is 11.9. The van der Waals surface area contributed by atoms with Gasteiger partial charge in [-0.25, -0.2) is 0 Å². The van der Waals surface area contributed by atoms with Gasteiger partial charge in [0.05, 0.1) is 16.5 Å². The van der Waals surface area contributed by atoms with Gasteiger partial charge in [-0.2, -0.15) is 0 Å².